The molecule has 0 amide bonds. The molecule has 1 N–H and O–H groups in total. The molecule has 1 aliphatic heterocycles. The fourth-order valence-corrected chi connectivity index (χ4v) is 5.56. The molecule has 1 atom stereocenters. The average Bonchev–Trinajstić information content (AvgIpc) is 2.74. The highest BCUT2D eigenvalue weighted by Gasteiger charge is 2.36. The standard InChI is InChI=1S/C10H9N4O2PS/c1-7-9(15)14-10(12-11-7)18-17(16,13-14)8-5-3-2-4-6-8/h2-6H,1H3,(H,13,16). The molecule has 0 aliphatic carbocycles. The van der Waals surface area contributed by atoms with E-state index in [0.29, 0.717) is 10.5 Å². The predicted molar refractivity (Wildman–Crippen MR) is 69.9 cm³/mol. The number of rotatable bonds is 1. The summed E-state index contributed by atoms with van der Waals surface area (Å²) in [5.74, 6) is 0. The summed E-state index contributed by atoms with van der Waals surface area (Å²) in [7, 11) is 0. The minimum atomic E-state index is -2.92. The lowest BCUT2D eigenvalue weighted by Gasteiger charge is -2.10. The lowest BCUT2D eigenvalue weighted by molar-refractivity contribution is 0.588. The van der Waals surface area contributed by atoms with Gasteiger partial charge in [-0.2, -0.15) is 4.68 Å². The minimum absolute atomic E-state index is 0.272. The Kier molecular flexibility index (Phi) is 2.53. The summed E-state index contributed by atoms with van der Waals surface area (Å²) in [6.45, 7) is -1.35. The molecule has 1 aromatic carbocycles. The minimum Gasteiger partial charge on any atom is -0.281 e. The van der Waals surface area contributed by atoms with E-state index in [-0.39, 0.29) is 11.3 Å². The zero-order chi connectivity index (χ0) is 12.8. The van der Waals surface area contributed by atoms with Gasteiger partial charge in [-0.05, 0) is 19.1 Å². The van der Waals surface area contributed by atoms with Crippen LogP contribution in [0, 0.1) is 6.92 Å². The van der Waals surface area contributed by atoms with Crippen molar-refractivity contribution in [1.82, 2.24) is 14.9 Å². The van der Waals surface area contributed by atoms with Gasteiger partial charge >= 0.3 is 0 Å². The highest BCUT2D eigenvalue weighted by Crippen LogP contribution is 2.61. The van der Waals surface area contributed by atoms with Crippen molar-refractivity contribution in [2.24, 2.45) is 0 Å². The summed E-state index contributed by atoms with van der Waals surface area (Å²) < 4.78 is 14.0. The van der Waals surface area contributed by atoms with E-state index in [4.69, 9.17) is 0 Å². The maximum absolute atomic E-state index is 12.8. The molecule has 0 spiro atoms. The Bertz CT molecular complexity index is 716. The molecule has 1 aliphatic rings. The molecular weight excluding hydrogens is 271 g/mol. The van der Waals surface area contributed by atoms with Gasteiger partial charge in [-0.1, -0.05) is 18.2 Å². The Morgan fingerprint density at radius 1 is 1.28 bits per heavy atom. The quantitative estimate of drug-likeness (QED) is 0.789. The Balaban J connectivity index is 2.11. The molecule has 1 unspecified atom stereocenters. The monoisotopic (exact) mass is 280 g/mol. The normalized spacial score (nSPS) is 21.4. The number of aryl methyl sites for hydroxylation is 1. The van der Waals surface area contributed by atoms with Gasteiger partial charge in [-0.3, -0.25) is 14.6 Å². The SMILES string of the molecule is Cc1nnc2n(c1=O)NP(=O)(c1ccccc1)S2. The first kappa shape index (κ1) is 11.5. The second kappa shape index (κ2) is 3.96. The van der Waals surface area contributed by atoms with E-state index < -0.39 is 6.49 Å². The number of benzene rings is 1. The van der Waals surface area contributed by atoms with Gasteiger partial charge in [0.05, 0.1) is 0 Å². The maximum atomic E-state index is 12.8. The molecule has 6 nitrogen and oxygen atoms in total. The number of nitrogens with one attached hydrogen (secondary N) is 1. The van der Waals surface area contributed by atoms with Gasteiger partial charge in [0.25, 0.3) is 12.1 Å². The highest BCUT2D eigenvalue weighted by molar-refractivity contribution is 8.60. The van der Waals surface area contributed by atoms with Crippen LogP contribution in [0.15, 0.2) is 40.3 Å². The molecule has 18 heavy (non-hydrogen) atoms. The lowest BCUT2D eigenvalue weighted by atomic mass is 10.4. The van der Waals surface area contributed by atoms with E-state index in [2.05, 4.69) is 15.4 Å². The number of hydrogen-bond acceptors (Lipinski definition) is 5. The van der Waals surface area contributed by atoms with Gasteiger partial charge in [0.2, 0.25) is 5.16 Å². The van der Waals surface area contributed by atoms with Crippen molar-refractivity contribution in [3.63, 3.8) is 0 Å². The molecule has 0 fully saturated rings. The molecule has 3 rings (SSSR count). The number of aromatic nitrogens is 3. The summed E-state index contributed by atoms with van der Waals surface area (Å²) >= 11 is 1.05. The molecule has 0 radical (unpaired) electrons. The van der Waals surface area contributed by atoms with Crippen LogP contribution in [0.1, 0.15) is 5.69 Å². The van der Waals surface area contributed by atoms with E-state index in [1.807, 2.05) is 6.07 Å². The van der Waals surface area contributed by atoms with Crippen LogP contribution in [0.3, 0.4) is 0 Å². The summed E-state index contributed by atoms with van der Waals surface area (Å²) in [5, 5.41) is 11.4. The Morgan fingerprint density at radius 3 is 2.72 bits per heavy atom. The van der Waals surface area contributed by atoms with E-state index in [1.54, 1.807) is 31.2 Å². The largest absolute Gasteiger partial charge is 0.294 e. The van der Waals surface area contributed by atoms with Crippen molar-refractivity contribution in [3.05, 3.63) is 46.4 Å². The Morgan fingerprint density at radius 2 is 2.00 bits per heavy atom. The predicted octanol–water partition coefficient (Wildman–Crippen LogP) is 1.11. The third-order valence-corrected chi connectivity index (χ3v) is 6.79. The first-order valence-corrected chi connectivity index (χ1v) is 8.33. The van der Waals surface area contributed by atoms with Crippen LogP contribution in [0.2, 0.25) is 0 Å². The summed E-state index contributed by atoms with van der Waals surface area (Å²) in [6.07, 6.45) is 0. The Hall–Kier alpha value is -1.59. The van der Waals surface area contributed by atoms with Crippen molar-refractivity contribution < 1.29 is 4.57 Å². The summed E-state index contributed by atoms with van der Waals surface area (Å²) in [6, 6.07) is 8.98. The Labute approximate surface area is 107 Å². The molecule has 1 aromatic heterocycles. The molecule has 8 heteroatoms. The van der Waals surface area contributed by atoms with Crippen LogP contribution >= 0.6 is 17.9 Å². The molecule has 0 saturated carbocycles. The maximum Gasteiger partial charge on any atom is 0.294 e. The topological polar surface area (TPSA) is 76.9 Å². The van der Waals surface area contributed by atoms with Gasteiger partial charge in [-0.25, -0.2) is 0 Å². The third kappa shape index (κ3) is 1.67. The fourth-order valence-electron chi connectivity index (χ4n) is 1.60. The fraction of sp³-hybridized carbons (Fsp3) is 0.100. The van der Waals surface area contributed by atoms with Crippen LogP contribution in [0.25, 0.3) is 0 Å². The molecule has 0 saturated heterocycles. The second-order valence-electron chi connectivity index (χ2n) is 3.79. The van der Waals surface area contributed by atoms with Crippen molar-refractivity contribution >= 4 is 23.2 Å². The number of hydrogen-bond donors (Lipinski definition) is 1. The van der Waals surface area contributed by atoms with Crippen LogP contribution in [-0.2, 0) is 4.57 Å². The highest BCUT2D eigenvalue weighted by atomic mass is 32.7. The smallest absolute Gasteiger partial charge is 0.281 e. The van der Waals surface area contributed by atoms with Gasteiger partial charge in [-0.15, -0.1) is 10.2 Å². The van der Waals surface area contributed by atoms with Gasteiger partial charge in [0, 0.05) is 16.7 Å². The van der Waals surface area contributed by atoms with Crippen LogP contribution in [0.4, 0.5) is 0 Å². The third-order valence-electron chi connectivity index (χ3n) is 2.53. The first-order chi connectivity index (χ1) is 8.60. The van der Waals surface area contributed by atoms with E-state index in [0.717, 1.165) is 11.4 Å². The van der Waals surface area contributed by atoms with Crippen molar-refractivity contribution in [1.29, 1.82) is 0 Å². The van der Waals surface area contributed by atoms with Crippen LogP contribution < -0.4 is 16.1 Å². The van der Waals surface area contributed by atoms with E-state index in [9.17, 15) is 9.36 Å². The molecule has 2 aromatic rings. The van der Waals surface area contributed by atoms with E-state index in [1.165, 1.54) is 4.68 Å². The zero-order valence-corrected chi connectivity index (χ0v) is 11.1. The van der Waals surface area contributed by atoms with Crippen molar-refractivity contribution in [2.45, 2.75) is 12.1 Å². The summed E-state index contributed by atoms with van der Waals surface area (Å²) in [5.41, 5.74) is -0.0467. The van der Waals surface area contributed by atoms with Gasteiger partial charge in [0.15, 0.2) is 0 Å². The molecule has 0 bridgehead atoms. The number of fused-ring (bicyclic) bond motifs is 1. The average molecular weight is 280 g/mol. The summed E-state index contributed by atoms with van der Waals surface area (Å²) in [4.78, 5) is 11.8. The second-order valence-corrected chi connectivity index (χ2v) is 8.24. The first-order valence-electron chi connectivity index (χ1n) is 5.20. The number of nitrogens with zero attached hydrogens (tertiary/aromatic N) is 3. The van der Waals surface area contributed by atoms with Crippen LogP contribution in [-0.4, -0.2) is 14.9 Å². The molecule has 92 valence electrons. The molecule has 2 heterocycles. The van der Waals surface area contributed by atoms with Crippen LogP contribution in [0.5, 0.6) is 0 Å². The van der Waals surface area contributed by atoms with E-state index >= 15 is 0 Å². The van der Waals surface area contributed by atoms with Gasteiger partial charge < -0.3 is 0 Å². The van der Waals surface area contributed by atoms with Crippen molar-refractivity contribution in [2.75, 3.05) is 5.20 Å². The van der Waals surface area contributed by atoms with Crippen molar-refractivity contribution in [3.8, 4) is 0 Å². The van der Waals surface area contributed by atoms with Gasteiger partial charge in [0.1, 0.15) is 5.69 Å². The molecular formula is C10H9N4O2PS. The lowest BCUT2D eigenvalue weighted by Crippen LogP contribution is -2.29. The zero-order valence-electron chi connectivity index (χ0n) is 9.40.